The van der Waals surface area contributed by atoms with Gasteiger partial charge in [-0.3, -0.25) is 4.84 Å². The highest BCUT2D eigenvalue weighted by Gasteiger charge is 2.66. The number of nitrogens with zero attached hydrogens (tertiary/aromatic N) is 1. The first-order valence-electron chi connectivity index (χ1n) is 3.56. The van der Waals surface area contributed by atoms with Crippen LogP contribution in [-0.4, -0.2) is 41.5 Å². The lowest BCUT2D eigenvalue weighted by atomic mass is 10.2. The third-order valence-corrected chi connectivity index (χ3v) is 1.51. The third kappa shape index (κ3) is 2.28. The summed E-state index contributed by atoms with van der Waals surface area (Å²) in [6.45, 7) is 0.184. The van der Waals surface area contributed by atoms with Crippen LogP contribution in [0.5, 0.6) is 0 Å². The number of carbonyl (C=O) groups is 1. The van der Waals surface area contributed by atoms with E-state index in [1.54, 1.807) is 0 Å². The summed E-state index contributed by atoms with van der Waals surface area (Å²) in [6, 6.07) is -5.29. The zero-order valence-electron chi connectivity index (χ0n) is 7.68. The first-order chi connectivity index (χ1) is 6.59. The summed E-state index contributed by atoms with van der Waals surface area (Å²) in [5.74, 6) is -5.18. The van der Waals surface area contributed by atoms with Crippen LogP contribution in [0.1, 0.15) is 6.92 Å². The van der Waals surface area contributed by atoms with Crippen molar-refractivity contribution in [2.24, 2.45) is 0 Å². The van der Waals surface area contributed by atoms with Gasteiger partial charge in [0.25, 0.3) is 0 Å². The van der Waals surface area contributed by atoms with E-state index in [9.17, 15) is 26.7 Å². The van der Waals surface area contributed by atoms with E-state index in [0.29, 0.717) is 7.11 Å². The molecule has 15 heavy (non-hydrogen) atoms. The lowest BCUT2D eigenvalue weighted by molar-refractivity contribution is -0.364. The van der Waals surface area contributed by atoms with Gasteiger partial charge in [-0.15, -0.1) is 5.06 Å². The molecule has 0 aliphatic heterocycles. The minimum atomic E-state index is -5.29. The summed E-state index contributed by atoms with van der Waals surface area (Å²) >= 11 is 0. The normalized spacial score (nSPS) is 14.9. The third-order valence-electron chi connectivity index (χ3n) is 1.51. The Morgan fingerprint density at radius 1 is 1.40 bits per heavy atom. The predicted molar refractivity (Wildman–Crippen MR) is 37.3 cm³/mol. The van der Waals surface area contributed by atoms with Gasteiger partial charge in [0.05, 0.1) is 7.11 Å². The highest BCUT2D eigenvalue weighted by Crippen LogP contribution is 2.40. The maximum atomic E-state index is 12.8. The number of alkyl halides is 5. The van der Waals surface area contributed by atoms with Gasteiger partial charge in [0.15, 0.2) is 6.17 Å². The first-order valence-corrected chi connectivity index (χ1v) is 3.56. The number of hydrogen-bond donors (Lipinski definition) is 1. The molecular formula is C6H8F5NO3. The monoisotopic (exact) mass is 237 g/mol. The van der Waals surface area contributed by atoms with E-state index in [2.05, 4.69) is 4.84 Å². The predicted octanol–water partition coefficient (Wildman–Crippen LogP) is 2.11. The second kappa shape index (κ2) is 4.17. The van der Waals surface area contributed by atoms with Crippen LogP contribution >= 0.6 is 0 Å². The van der Waals surface area contributed by atoms with Gasteiger partial charge in [-0.25, -0.2) is 9.18 Å². The van der Waals surface area contributed by atoms with Crippen LogP contribution in [-0.2, 0) is 4.84 Å². The van der Waals surface area contributed by atoms with Crippen LogP contribution in [0.3, 0.4) is 0 Å². The van der Waals surface area contributed by atoms with Crippen LogP contribution < -0.4 is 0 Å². The lowest BCUT2D eigenvalue weighted by Gasteiger charge is -2.32. The van der Waals surface area contributed by atoms with E-state index >= 15 is 0 Å². The largest absolute Gasteiger partial charge is 0.463 e. The molecule has 0 aromatic rings. The van der Waals surface area contributed by atoms with Crippen molar-refractivity contribution in [3.05, 3.63) is 0 Å². The van der Waals surface area contributed by atoms with Gasteiger partial charge in [0.2, 0.25) is 0 Å². The average molecular weight is 237 g/mol. The first kappa shape index (κ1) is 13.9. The molecule has 4 nitrogen and oxygen atoms in total. The van der Waals surface area contributed by atoms with Crippen molar-refractivity contribution in [1.82, 2.24) is 5.06 Å². The lowest BCUT2D eigenvalue weighted by Crippen LogP contribution is -2.59. The topological polar surface area (TPSA) is 49.8 Å². The molecule has 0 bridgehead atoms. The number of hydrogen-bond acceptors (Lipinski definition) is 2. The Balaban J connectivity index is 5.17. The van der Waals surface area contributed by atoms with Crippen molar-refractivity contribution in [1.29, 1.82) is 0 Å². The Kier molecular flexibility index (Phi) is 3.86. The number of carboxylic acid groups (broad SMARTS) is 1. The summed E-state index contributed by atoms with van der Waals surface area (Å²) in [5.41, 5.74) is 0. The van der Waals surface area contributed by atoms with E-state index in [0.717, 1.165) is 0 Å². The van der Waals surface area contributed by atoms with Crippen LogP contribution in [0.4, 0.5) is 26.7 Å². The molecule has 0 heterocycles. The van der Waals surface area contributed by atoms with Crippen LogP contribution in [0.2, 0.25) is 0 Å². The Labute approximate surface area is 81.2 Å². The van der Waals surface area contributed by atoms with Crippen molar-refractivity contribution in [3.8, 4) is 0 Å². The summed E-state index contributed by atoms with van der Waals surface area (Å²) in [5, 5.41) is 6.82. The molecule has 1 amide bonds. The fourth-order valence-electron chi connectivity index (χ4n) is 0.688. The van der Waals surface area contributed by atoms with Crippen molar-refractivity contribution < 1.29 is 36.7 Å². The molecular weight excluding hydrogens is 229 g/mol. The molecule has 0 spiro atoms. The van der Waals surface area contributed by atoms with E-state index in [4.69, 9.17) is 5.11 Å². The van der Waals surface area contributed by atoms with Gasteiger partial charge in [0, 0.05) is 0 Å². The molecule has 0 rings (SSSR count). The van der Waals surface area contributed by atoms with Crippen LogP contribution in [0, 0.1) is 0 Å². The summed E-state index contributed by atoms with van der Waals surface area (Å²) in [7, 11) is 0.445. The highest BCUT2D eigenvalue weighted by molar-refractivity contribution is 5.64. The van der Waals surface area contributed by atoms with Gasteiger partial charge >= 0.3 is 18.1 Å². The SMILES string of the molecule is CON(C(=O)O)C(F)(F)C(F)(F)C(C)F. The molecule has 0 saturated heterocycles. The molecule has 1 N–H and O–H groups in total. The minimum absolute atomic E-state index is 0.184. The van der Waals surface area contributed by atoms with E-state index in [-0.39, 0.29) is 6.92 Å². The van der Waals surface area contributed by atoms with Gasteiger partial charge in [-0.05, 0) is 6.92 Å². The molecule has 1 atom stereocenters. The van der Waals surface area contributed by atoms with E-state index in [1.165, 1.54) is 0 Å². The standard InChI is InChI=1S/C6H8F5NO3/c1-3(7)5(8,9)6(10,11)12(15-2)4(13)14/h3H,1-2H3,(H,13,14). The highest BCUT2D eigenvalue weighted by atomic mass is 19.3. The van der Waals surface area contributed by atoms with Gasteiger partial charge in [-0.2, -0.15) is 17.6 Å². The Morgan fingerprint density at radius 2 is 1.80 bits per heavy atom. The molecule has 0 saturated carbocycles. The Bertz CT molecular complexity index is 245. The average Bonchev–Trinajstić information content (AvgIpc) is 2.03. The van der Waals surface area contributed by atoms with E-state index in [1.807, 2.05) is 0 Å². The number of amides is 1. The Morgan fingerprint density at radius 3 is 2.00 bits per heavy atom. The zero-order chi connectivity index (χ0) is 12.4. The molecule has 0 radical (unpaired) electrons. The van der Waals surface area contributed by atoms with Gasteiger partial charge in [0.1, 0.15) is 0 Å². The molecule has 90 valence electrons. The zero-order valence-corrected chi connectivity index (χ0v) is 7.68. The number of rotatable bonds is 4. The Hall–Kier alpha value is -1.12. The smallest absolute Gasteiger partial charge is 0.436 e. The minimum Gasteiger partial charge on any atom is -0.463 e. The summed E-state index contributed by atoms with van der Waals surface area (Å²) in [4.78, 5) is 13.7. The summed E-state index contributed by atoms with van der Waals surface area (Å²) < 4.78 is 63.0. The molecule has 9 heteroatoms. The maximum Gasteiger partial charge on any atom is 0.436 e. The van der Waals surface area contributed by atoms with Gasteiger partial charge in [-0.1, -0.05) is 0 Å². The molecule has 1 unspecified atom stereocenters. The second-order valence-electron chi connectivity index (χ2n) is 2.54. The molecule has 0 fully saturated rings. The molecule has 0 aliphatic carbocycles. The fourth-order valence-corrected chi connectivity index (χ4v) is 0.688. The quantitative estimate of drug-likeness (QED) is 0.462. The van der Waals surface area contributed by atoms with Crippen molar-refractivity contribution >= 4 is 6.09 Å². The molecule has 0 aromatic carbocycles. The molecule has 0 aromatic heterocycles. The van der Waals surface area contributed by atoms with Crippen LogP contribution in [0.15, 0.2) is 0 Å². The summed E-state index contributed by atoms with van der Waals surface area (Å²) in [6.07, 6.45) is -5.69. The van der Waals surface area contributed by atoms with Gasteiger partial charge < -0.3 is 5.11 Å². The number of halogens is 5. The fraction of sp³-hybridized carbons (Fsp3) is 0.833. The van der Waals surface area contributed by atoms with Crippen molar-refractivity contribution in [3.63, 3.8) is 0 Å². The van der Waals surface area contributed by atoms with Crippen molar-refractivity contribution in [2.45, 2.75) is 25.1 Å². The second-order valence-corrected chi connectivity index (χ2v) is 2.54. The number of hydroxylamine groups is 2. The molecule has 0 aliphatic rings. The van der Waals surface area contributed by atoms with Crippen LogP contribution in [0.25, 0.3) is 0 Å². The maximum absolute atomic E-state index is 12.8. The van der Waals surface area contributed by atoms with Crippen molar-refractivity contribution in [2.75, 3.05) is 7.11 Å². The van der Waals surface area contributed by atoms with E-state index < -0.39 is 29.3 Å².